The number of anilines is 1. The summed E-state index contributed by atoms with van der Waals surface area (Å²) < 4.78 is 4.95. The molecule has 2 N–H and O–H groups in total. The van der Waals surface area contributed by atoms with Crippen molar-refractivity contribution >= 4 is 34.5 Å². The van der Waals surface area contributed by atoms with E-state index in [1.807, 2.05) is 0 Å². The molecule has 0 spiro atoms. The lowest BCUT2D eigenvalue weighted by atomic mass is 10.1. The number of aryl methyl sites for hydroxylation is 1. The second kappa shape index (κ2) is 5.31. The van der Waals surface area contributed by atoms with Crippen LogP contribution in [0.5, 0.6) is 0 Å². The Bertz CT molecular complexity index is 973. The zero-order valence-corrected chi connectivity index (χ0v) is 13.2. The Balaban J connectivity index is 1.52. The number of aromatic nitrogens is 1. The van der Waals surface area contributed by atoms with Crippen molar-refractivity contribution in [1.82, 2.24) is 4.98 Å². The number of H-pyrrole nitrogens is 1. The van der Waals surface area contributed by atoms with Crippen LogP contribution in [-0.4, -0.2) is 16.1 Å². The van der Waals surface area contributed by atoms with Crippen molar-refractivity contribution in [2.45, 2.75) is 23.5 Å². The van der Waals surface area contributed by atoms with Gasteiger partial charge in [0.25, 0.3) is 0 Å². The molecule has 6 heteroatoms. The number of thioether (sulfide) groups is 1. The summed E-state index contributed by atoms with van der Waals surface area (Å²) in [6.45, 7) is 2.05. The normalized spacial score (nSPS) is 16.5. The largest absolute Gasteiger partial charge is 0.417 e. The monoisotopic (exact) mass is 326 g/mol. The lowest BCUT2D eigenvalue weighted by Gasteiger charge is -2.09. The molecular formula is C17H14N2O3S. The van der Waals surface area contributed by atoms with Gasteiger partial charge in [-0.25, -0.2) is 4.79 Å². The van der Waals surface area contributed by atoms with Gasteiger partial charge in [0.05, 0.1) is 10.8 Å². The van der Waals surface area contributed by atoms with Crippen LogP contribution in [0.2, 0.25) is 0 Å². The first-order valence-corrected chi connectivity index (χ1v) is 8.16. The van der Waals surface area contributed by atoms with Crippen molar-refractivity contribution in [3.63, 3.8) is 0 Å². The van der Waals surface area contributed by atoms with E-state index in [0.717, 1.165) is 6.42 Å². The van der Waals surface area contributed by atoms with Crippen LogP contribution < -0.4 is 11.1 Å². The van der Waals surface area contributed by atoms with Crippen LogP contribution in [0.25, 0.3) is 11.1 Å². The molecule has 1 aliphatic heterocycles. The number of carbonyl (C=O) groups is 1. The van der Waals surface area contributed by atoms with E-state index in [1.54, 1.807) is 30.0 Å². The maximum atomic E-state index is 12.5. The predicted octanol–water partition coefficient (Wildman–Crippen LogP) is 3.09. The number of rotatable bonds is 2. The van der Waals surface area contributed by atoms with Crippen LogP contribution in [0.1, 0.15) is 11.1 Å². The highest BCUT2D eigenvalue weighted by Crippen LogP contribution is 2.38. The molecule has 4 rings (SSSR count). The Morgan fingerprint density at radius 1 is 1.30 bits per heavy atom. The Kier molecular flexibility index (Phi) is 3.27. The molecule has 5 nitrogen and oxygen atoms in total. The first-order valence-electron chi connectivity index (χ1n) is 7.28. The fraction of sp³-hybridized carbons (Fsp3) is 0.176. The van der Waals surface area contributed by atoms with Gasteiger partial charge < -0.3 is 9.73 Å². The number of hydrogen-bond acceptors (Lipinski definition) is 4. The summed E-state index contributed by atoms with van der Waals surface area (Å²) in [5, 5.41) is 2.78. The molecule has 0 bridgehead atoms. The fourth-order valence-electron chi connectivity index (χ4n) is 2.78. The van der Waals surface area contributed by atoms with Gasteiger partial charge in [0.1, 0.15) is 0 Å². The summed E-state index contributed by atoms with van der Waals surface area (Å²) in [5.41, 5.74) is 4.13. The number of carbonyl (C=O) groups excluding carboxylic acids is 1. The minimum atomic E-state index is -0.499. The van der Waals surface area contributed by atoms with E-state index < -0.39 is 5.76 Å². The van der Waals surface area contributed by atoms with Gasteiger partial charge in [-0.15, -0.1) is 11.8 Å². The molecular weight excluding hydrogens is 312 g/mol. The molecule has 2 aromatic carbocycles. The highest BCUT2D eigenvalue weighted by Gasteiger charge is 2.28. The van der Waals surface area contributed by atoms with Crippen molar-refractivity contribution in [3.8, 4) is 0 Å². The van der Waals surface area contributed by atoms with Gasteiger partial charge in [-0.3, -0.25) is 9.78 Å². The minimum absolute atomic E-state index is 0.0333. The second-order valence-corrected chi connectivity index (χ2v) is 6.88. The third-order valence-electron chi connectivity index (χ3n) is 3.87. The van der Waals surface area contributed by atoms with E-state index in [0.29, 0.717) is 16.8 Å². The van der Waals surface area contributed by atoms with Gasteiger partial charge in [0.15, 0.2) is 5.58 Å². The zero-order valence-electron chi connectivity index (χ0n) is 12.4. The van der Waals surface area contributed by atoms with Gasteiger partial charge in [0.2, 0.25) is 5.91 Å². The maximum absolute atomic E-state index is 12.5. The first kappa shape index (κ1) is 14.1. The molecule has 0 radical (unpaired) electrons. The molecule has 1 unspecified atom stereocenters. The highest BCUT2D eigenvalue weighted by atomic mass is 32.2. The number of aromatic amines is 1. The number of amides is 1. The molecule has 0 saturated heterocycles. The standard InChI is InChI=1S/C17H14N2O3S/c1-9-2-5-14-10(6-9)7-15(23-14)16(20)18-11-3-4-13-12(8-11)19-17(21)22-13/h2-6,8,15H,7H2,1H3,(H,18,20)(H,19,21). The van der Waals surface area contributed by atoms with Gasteiger partial charge in [0, 0.05) is 10.6 Å². The predicted molar refractivity (Wildman–Crippen MR) is 90.0 cm³/mol. The Morgan fingerprint density at radius 2 is 2.17 bits per heavy atom. The van der Waals surface area contributed by atoms with Crippen LogP contribution in [0, 0.1) is 6.92 Å². The topological polar surface area (TPSA) is 75.1 Å². The molecule has 2 heterocycles. The molecule has 23 heavy (non-hydrogen) atoms. The maximum Gasteiger partial charge on any atom is 0.417 e. The summed E-state index contributed by atoms with van der Waals surface area (Å²) in [6, 6.07) is 11.4. The quantitative estimate of drug-likeness (QED) is 0.759. The molecule has 1 aromatic heterocycles. The summed E-state index contributed by atoms with van der Waals surface area (Å²) >= 11 is 1.59. The molecule has 3 aromatic rings. The third kappa shape index (κ3) is 2.66. The second-order valence-electron chi connectivity index (χ2n) is 5.64. The Morgan fingerprint density at radius 3 is 3.04 bits per heavy atom. The van der Waals surface area contributed by atoms with Crippen LogP contribution in [0.4, 0.5) is 5.69 Å². The fourth-order valence-corrected chi connectivity index (χ4v) is 3.95. The summed E-state index contributed by atoms with van der Waals surface area (Å²) in [4.78, 5) is 27.4. The first-order chi connectivity index (χ1) is 11.1. The van der Waals surface area contributed by atoms with E-state index in [9.17, 15) is 9.59 Å². The van der Waals surface area contributed by atoms with E-state index in [1.165, 1.54) is 16.0 Å². The van der Waals surface area contributed by atoms with Crippen molar-refractivity contribution in [1.29, 1.82) is 0 Å². The van der Waals surface area contributed by atoms with Crippen LogP contribution >= 0.6 is 11.8 Å². The molecule has 0 saturated carbocycles. The lowest BCUT2D eigenvalue weighted by molar-refractivity contribution is -0.115. The number of fused-ring (bicyclic) bond motifs is 2. The van der Waals surface area contributed by atoms with Gasteiger partial charge in [-0.1, -0.05) is 17.7 Å². The Hall–Kier alpha value is -2.47. The molecule has 116 valence electrons. The van der Waals surface area contributed by atoms with Crippen LogP contribution in [0.3, 0.4) is 0 Å². The Labute approximate surface area is 136 Å². The summed E-state index contributed by atoms with van der Waals surface area (Å²) in [7, 11) is 0. The van der Waals surface area contributed by atoms with Crippen molar-refractivity contribution in [2.24, 2.45) is 0 Å². The van der Waals surface area contributed by atoms with Crippen LogP contribution in [-0.2, 0) is 11.2 Å². The average molecular weight is 326 g/mol. The van der Waals surface area contributed by atoms with E-state index >= 15 is 0 Å². The molecule has 1 atom stereocenters. The van der Waals surface area contributed by atoms with E-state index in [4.69, 9.17) is 4.42 Å². The van der Waals surface area contributed by atoms with E-state index in [2.05, 4.69) is 35.4 Å². The molecule has 0 aliphatic carbocycles. The zero-order chi connectivity index (χ0) is 16.0. The van der Waals surface area contributed by atoms with Gasteiger partial charge in [-0.05, 0) is 43.2 Å². The number of benzene rings is 2. The highest BCUT2D eigenvalue weighted by molar-refractivity contribution is 8.01. The number of oxazole rings is 1. The van der Waals surface area contributed by atoms with Crippen molar-refractivity contribution in [2.75, 3.05) is 5.32 Å². The molecule has 1 aliphatic rings. The number of nitrogens with one attached hydrogen (secondary N) is 2. The SMILES string of the molecule is Cc1ccc2c(c1)CC(C(=O)Nc1ccc3oc(=O)[nH]c3c1)S2. The summed E-state index contributed by atoms with van der Waals surface area (Å²) in [6.07, 6.45) is 0.734. The summed E-state index contributed by atoms with van der Waals surface area (Å²) in [5.74, 6) is -0.533. The molecule has 0 fully saturated rings. The van der Waals surface area contributed by atoms with E-state index in [-0.39, 0.29) is 11.2 Å². The van der Waals surface area contributed by atoms with Gasteiger partial charge >= 0.3 is 5.76 Å². The van der Waals surface area contributed by atoms with Crippen molar-refractivity contribution < 1.29 is 9.21 Å². The van der Waals surface area contributed by atoms with Crippen LogP contribution in [0.15, 0.2) is 50.5 Å². The third-order valence-corrected chi connectivity index (χ3v) is 5.19. The van der Waals surface area contributed by atoms with Crippen molar-refractivity contribution in [3.05, 3.63) is 58.1 Å². The average Bonchev–Trinajstić information content (AvgIpc) is 3.08. The molecule has 1 amide bonds. The van der Waals surface area contributed by atoms with Gasteiger partial charge in [-0.2, -0.15) is 0 Å². The smallest absolute Gasteiger partial charge is 0.408 e. The lowest BCUT2D eigenvalue weighted by Crippen LogP contribution is -2.24. The minimum Gasteiger partial charge on any atom is -0.408 e. The number of hydrogen-bond donors (Lipinski definition) is 2.